The molecule has 1 fully saturated rings. The van der Waals surface area contributed by atoms with Crippen molar-refractivity contribution in [2.24, 2.45) is 5.73 Å². The van der Waals surface area contributed by atoms with Gasteiger partial charge in [-0.2, -0.15) is 0 Å². The molecule has 0 bridgehead atoms. The molecule has 0 atom stereocenters. The van der Waals surface area contributed by atoms with Crippen molar-refractivity contribution in [3.8, 4) is 0 Å². The van der Waals surface area contributed by atoms with Crippen molar-refractivity contribution in [3.05, 3.63) is 33.3 Å². The van der Waals surface area contributed by atoms with Gasteiger partial charge in [0, 0.05) is 12.1 Å². The number of rotatable bonds is 3. The van der Waals surface area contributed by atoms with Gasteiger partial charge in [-0.3, -0.25) is 14.9 Å². The number of hydrogen-bond acceptors (Lipinski definition) is 4. The van der Waals surface area contributed by atoms with Crippen molar-refractivity contribution in [1.82, 2.24) is 0 Å². The van der Waals surface area contributed by atoms with Gasteiger partial charge in [-0.15, -0.1) is 0 Å². The normalized spacial score (nSPS) is 17.2. The minimum absolute atomic E-state index is 0.128. The smallest absolute Gasteiger partial charge is 0.271 e. The molecular formula is C12H14ClN3O3. The molecule has 7 heteroatoms. The number of benzene rings is 1. The third-order valence-corrected chi connectivity index (χ3v) is 3.69. The summed E-state index contributed by atoms with van der Waals surface area (Å²) >= 11 is 5.92. The van der Waals surface area contributed by atoms with E-state index in [9.17, 15) is 14.9 Å². The quantitative estimate of drug-likeness (QED) is 0.657. The number of nitrogens with zero attached hydrogens (tertiary/aromatic N) is 1. The summed E-state index contributed by atoms with van der Waals surface area (Å²) in [5, 5.41) is 13.5. The molecule has 1 aliphatic carbocycles. The average molecular weight is 284 g/mol. The molecule has 0 aromatic heterocycles. The first-order valence-electron chi connectivity index (χ1n) is 5.97. The van der Waals surface area contributed by atoms with Crippen LogP contribution in [-0.2, 0) is 4.79 Å². The first-order chi connectivity index (χ1) is 8.92. The first-order valence-corrected chi connectivity index (χ1v) is 6.34. The van der Waals surface area contributed by atoms with Gasteiger partial charge >= 0.3 is 0 Å². The molecule has 0 saturated heterocycles. The number of non-ortho nitro benzene ring substituents is 1. The number of nitrogens with one attached hydrogen (secondary N) is 1. The predicted molar refractivity (Wildman–Crippen MR) is 72.1 cm³/mol. The maximum Gasteiger partial charge on any atom is 0.271 e. The summed E-state index contributed by atoms with van der Waals surface area (Å²) in [6, 6.07) is 3.90. The summed E-state index contributed by atoms with van der Waals surface area (Å²) < 4.78 is 0. The highest BCUT2D eigenvalue weighted by atomic mass is 35.5. The molecule has 0 unspecified atom stereocenters. The molecule has 1 aliphatic rings. The van der Waals surface area contributed by atoms with Crippen LogP contribution in [0.3, 0.4) is 0 Å². The lowest BCUT2D eigenvalue weighted by atomic mass is 9.98. The first kappa shape index (κ1) is 13.8. The van der Waals surface area contributed by atoms with E-state index in [0.29, 0.717) is 12.8 Å². The zero-order valence-electron chi connectivity index (χ0n) is 10.2. The molecule has 1 aromatic rings. The Balaban J connectivity index is 2.20. The summed E-state index contributed by atoms with van der Waals surface area (Å²) in [4.78, 5) is 22.3. The van der Waals surface area contributed by atoms with E-state index >= 15 is 0 Å². The molecule has 0 radical (unpaired) electrons. The molecule has 0 aliphatic heterocycles. The summed E-state index contributed by atoms with van der Waals surface area (Å²) in [6.07, 6.45) is 3.05. The largest absolute Gasteiger partial charge is 0.323 e. The zero-order chi connectivity index (χ0) is 14.0. The molecular weight excluding hydrogens is 270 g/mol. The average Bonchev–Trinajstić information content (AvgIpc) is 2.80. The maximum absolute atomic E-state index is 12.1. The van der Waals surface area contributed by atoms with Crippen LogP contribution in [0.1, 0.15) is 25.7 Å². The fourth-order valence-corrected chi connectivity index (χ4v) is 2.37. The van der Waals surface area contributed by atoms with E-state index in [1.807, 2.05) is 0 Å². The highest BCUT2D eigenvalue weighted by molar-refractivity contribution is 6.33. The van der Waals surface area contributed by atoms with Crippen LogP contribution >= 0.6 is 11.6 Å². The van der Waals surface area contributed by atoms with Crippen molar-refractivity contribution in [3.63, 3.8) is 0 Å². The molecule has 6 nitrogen and oxygen atoms in total. The van der Waals surface area contributed by atoms with Crippen molar-refractivity contribution >= 4 is 28.9 Å². The SMILES string of the molecule is NC1(C(=O)Nc2cc([N+](=O)[O-])ccc2Cl)CCCC1. The zero-order valence-corrected chi connectivity index (χ0v) is 10.9. The minimum Gasteiger partial charge on any atom is -0.323 e. The minimum atomic E-state index is -0.895. The number of halogens is 1. The molecule has 1 saturated carbocycles. The maximum atomic E-state index is 12.1. The molecule has 2 rings (SSSR count). The molecule has 102 valence electrons. The van der Waals surface area contributed by atoms with Gasteiger partial charge in [-0.25, -0.2) is 0 Å². The van der Waals surface area contributed by atoms with E-state index in [2.05, 4.69) is 5.32 Å². The molecule has 1 amide bonds. The number of nitro benzene ring substituents is 1. The fraction of sp³-hybridized carbons (Fsp3) is 0.417. The van der Waals surface area contributed by atoms with Crippen LogP contribution in [0.2, 0.25) is 5.02 Å². The van der Waals surface area contributed by atoms with Gasteiger partial charge in [0.1, 0.15) is 0 Å². The predicted octanol–water partition coefficient (Wildman–Crippen LogP) is 2.46. The Labute approximate surface area is 115 Å². The van der Waals surface area contributed by atoms with E-state index in [-0.39, 0.29) is 22.3 Å². The number of carbonyl (C=O) groups excluding carboxylic acids is 1. The van der Waals surface area contributed by atoms with E-state index in [1.54, 1.807) is 0 Å². The van der Waals surface area contributed by atoms with Gasteiger partial charge in [-0.1, -0.05) is 24.4 Å². The number of anilines is 1. The molecule has 1 aromatic carbocycles. The number of nitrogens with two attached hydrogens (primary N) is 1. The van der Waals surface area contributed by atoms with E-state index < -0.39 is 10.5 Å². The van der Waals surface area contributed by atoms with Crippen molar-refractivity contribution in [2.75, 3.05) is 5.32 Å². The highest BCUT2D eigenvalue weighted by Crippen LogP contribution is 2.31. The Morgan fingerprint density at radius 3 is 2.63 bits per heavy atom. The second-order valence-corrected chi connectivity index (χ2v) is 5.15. The highest BCUT2D eigenvalue weighted by Gasteiger charge is 2.37. The molecule has 0 heterocycles. The molecule has 3 N–H and O–H groups in total. The Kier molecular flexibility index (Phi) is 3.73. The van der Waals surface area contributed by atoms with Crippen LogP contribution in [-0.4, -0.2) is 16.4 Å². The van der Waals surface area contributed by atoms with Gasteiger partial charge < -0.3 is 11.1 Å². The van der Waals surface area contributed by atoms with Crippen LogP contribution in [0.15, 0.2) is 18.2 Å². The van der Waals surface area contributed by atoms with Crippen LogP contribution in [0.5, 0.6) is 0 Å². The summed E-state index contributed by atoms with van der Waals surface area (Å²) in [6.45, 7) is 0. The molecule has 0 spiro atoms. The van der Waals surface area contributed by atoms with E-state index in [4.69, 9.17) is 17.3 Å². The van der Waals surface area contributed by atoms with Crippen LogP contribution in [0.25, 0.3) is 0 Å². The number of carbonyl (C=O) groups is 1. The van der Waals surface area contributed by atoms with Gasteiger partial charge in [0.25, 0.3) is 5.69 Å². The number of amides is 1. The Bertz CT molecular complexity index is 527. The summed E-state index contributed by atoms with van der Waals surface area (Å²) in [5.74, 6) is -0.340. The van der Waals surface area contributed by atoms with Crippen LogP contribution < -0.4 is 11.1 Å². The van der Waals surface area contributed by atoms with Crippen LogP contribution in [0.4, 0.5) is 11.4 Å². The Morgan fingerprint density at radius 2 is 2.05 bits per heavy atom. The second-order valence-electron chi connectivity index (χ2n) is 4.74. The van der Waals surface area contributed by atoms with Crippen molar-refractivity contribution < 1.29 is 9.72 Å². The van der Waals surface area contributed by atoms with Gasteiger partial charge in [-0.05, 0) is 18.9 Å². The lowest BCUT2D eigenvalue weighted by Gasteiger charge is -2.22. The molecule has 19 heavy (non-hydrogen) atoms. The number of nitro groups is 1. The third kappa shape index (κ3) is 2.85. The van der Waals surface area contributed by atoms with Crippen molar-refractivity contribution in [2.45, 2.75) is 31.2 Å². The lowest BCUT2D eigenvalue weighted by molar-refractivity contribution is -0.384. The third-order valence-electron chi connectivity index (χ3n) is 3.36. The standard InChI is InChI=1S/C12H14ClN3O3/c13-9-4-3-8(16(18)19)7-10(9)15-11(17)12(14)5-1-2-6-12/h3-4,7H,1-2,5-6,14H2,(H,15,17). The summed E-state index contributed by atoms with van der Waals surface area (Å²) in [5.41, 5.74) is 5.21. The topological polar surface area (TPSA) is 98.3 Å². The Morgan fingerprint density at radius 1 is 1.42 bits per heavy atom. The van der Waals surface area contributed by atoms with Crippen molar-refractivity contribution in [1.29, 1.82) is 0 Å². The fourth-order valence-electron chi connectivity index (χ4n) is 2.20. The van der Waals surface area contributed by atoms with E-state index in [1.165, 1.54) is 18.2 Å². The van der Waals surface area contributed by atoms with Gasteiger partial charge in [0.2, 0.25) is 5.91 Å². The number of hydrogen-bond donors (Lipinski definition) is 2. The van der Waals surface area contributed by atoms with E-state index in [0.717, 1.165) is 12.8 Å². The lowest BCUT2D eigenvalue weighted by Crippen LogP contribution is -2.48. The monoisotopic (exact) mass is 283 g/mol. The van der Waals surface area contributed by atoms with Gasteiger partial charge in [0.05, 0.1) is 21.2 Å². The second kappa shape index (κ2) is 5.14. The van der Waals surface area contributed by atoms with Crippen LogP contribution in [0, 0.1) is 10.1 Å². The Hall–Kier alpha value is -1.66. The van der Waals surface area contributed by atoms with Gasteiger partial charge in [0.15, 0.2) is 0 Å². The summed E-state index contributed by atoms with van der Waals surface area (Å²) in [7, 11) is 0.